The molecule has 2 aromatic rings. The van der Waals surface area contributed by atoms with E-state index in [0.717, 1.165) is 47.8 Å². The Morgan fingerprint density at radius 1 is 1.00 bits per heavy atom. The summed E-state index contributed by atoms with van der Waals surface area (Å²) in [6, 6.07) is 13.9. The number of benzene rings is 2. The van der Waals surface area contributed by atoms with Gasteiger partial charge in [0.2, 0.25) is 0 Å². The molecule has 1 fully saturated rings. The molecule has 0 unspecified atom stereocenters. The van der Waals surface area contributed by atoms with Crippen LogP contribution in [-0.4, -0.2) is 114 Å². The van der Waals surface area contributed by atoms with Crippen molar-refractivity contribution < 1.29 is 43.1 Å². The van der Waals surface area contributed by atoms with Crippen LogP contribution in [0.2, 0.25) is 0 Å². The highest BCUT2D eigenvalue weighted by atomic mass is 16.6. The highest BCUT2D eigenvalue weighted by Gasteiger charge is 2.42. The maximum atomic E-state index is 13.3. The molecule has 2 aliphatic rings. The molecular formula is C34H50N2O9. The van der Waals surface area contributed by atoms with Crippen LogP contribution in [0.5, 0.6) is 11.5 Å². The molecule has 11 heteroatoms. The van der Waals surface area contributed by atoms with Gasteiger partial charge in [-0.2, -0.15) is 0 Å². The van der Waals surface area contributed by atoms with Crippen LogP contribution < -0.4 is 14.4 Å². The number of aliphatic hydroxyl groups is 1. The van der Waals surface area contributed by atoms with E-state index in [2.05, 4.69) is 11.0 Å². The van der Waals surface area contributed by atoms with E-state index < -0.39 is 30.0 Å². The number of methoxy groups -OCH3 is 3. The highest BCUT2D eigenvalue weighted by molar-refractivity contribution is 5.68. The van der Waals surface area contributed by atoms with Crippen LogP contribution >= 0.6 is 0 Å². The Balaban J connectivity index is 1.61. The maximum absolute atomic E-state index is 13.3. The number of aliphatic hydroxyl groups excluding tert-OH is 1. The minimum absolute atomic E-state index is 0.0454. The monoisotopic (exact) mass is 630 g/mol. The summed E-state index contributed by atoms with van der Waals surface area (Å²) in [6.07, 6.45) is -1.25. The molecule has 0 spiro atoms. The summed E-state index contributed by atoms with van der Waals surface area (Å²) in [5, 5.41) is 10.4. The molecule has 1 N–H and O–H groups in total. The molecule has 1 saturated heterocycles. The summed E-state index contributed by atoms with van der Waals surface area (Å²) >= 11 is 0. The Kier molecular flexibility index (Phi) is 12.7. The SMILES string of the molecule is COCCCN1CCOc2ccc(CO[C@H]3CN(C(=O)OC(C)(C)C)C[C@@H](OC[C@H](O)COC)[C@@H]3c3ccc(OC)cc3)cc21. The number of hydrogen-bond acceptors (Lipinski definition) is 10. The van der Waals surface area contributed by atoms with Gasteiger partial charge in [0, 0.05) is 33.3 Å². The number of fused-ring (bicyclic) bond motifs is 1. The number of ether oxygens (including phenoxy) is 7. The number of hydrogen-bond donors (Lipinski definition) is 1. The molecule has 2 aliphatic heterocycles. The first-order valence-corrected chi connectivity index (χ1v) is 15.6. The second-order valence-electron chi connectivity index (χ2n) is 12.5. The average Bonchev–Trinajstić information content (AvgIpc) is 3.02. The first-order valence-electron chi connectivity index (χ1n) is 15.6. The van der Waals surface area contributed by atoms with Crippen molar-refractivity contribution in [3.8, 4) is 11.5 Å². The van der Waals surface area contributed by atoms with Crippen LogP contribution in [0.15, 0.2) is 42.5 Å². The van der Waals surface area contributed by atoms with Crippen molar-refractivity contribution in [3.05, 3.63) is 53.6 Å². The zero-order valence-electron chi connectivity index (χ0n) is 27.5. The van der Waals surface area contributed by atoms with Crippen LogP contribution in [0.25, 0.3) is 0 Å². The van der Waals surface area contributed by atoms with Crippen LogP contribution in [0, 0.1) is 0 Å². The van der Waals surface area contributed by atoms with E-state index in [1.54, 1.807) is 19.1 Å². The van der Waals surface area contributed by atoms with Gasteiger partial charge in [0.05, 0.1) is 64.5 Å². The van der Waals surface area contributed by atoms with Gasteiger partial charge < -0.3 is 48.1 Å². The number of carbonyl (C=O) groups excluding carboxylic acids is 1. The lowest BCUT2D eigenvalue weighted by atomic mass is 9.84. The van der Waals surface area contributed by atoms with Crippen LogP contribution in [-0.2, 0) is 30.3 Å². The second-order valence-corrected chi connectivity index (χ2v) is 12.5. The number of amides is 1. The number of anilines is 1. The van der Waals surface area contributed by atoms with Gasteiger partial charge in [-0.25, -0.2) is 4.79 Å². The normalized spacial score (nSPS) is 20.7. The van der Waals surface area contributed by atoms with Gasteiger partial charge in [-0.15, -0.1) is 0 Å². The number of piperidine rings is 1. The van der Waals surface area contributed by atoms with Gasteiger partial charge in [0.25, 0.3) is 0 Å². The smallest absolute Gasteiger partial charge is 0.410 e. The highest BCUT2D eigenvalue weighted by Crippen LogP contribution is 2.36. The van der Waals surface area contributed by atoms with Gasteiger partial charge in [-0.1, -0.05) is 18.2 Å². The van der Waals surface area contributed by atoms with Crippen molar-refractivity contribution in [1.29, 1.82) is 0 Å². The number of likely N-dealkylation sites (tertiary alicyclic amines) is 1. The predicted octanol–water partition coefficient (Wildman–Crippen LogP) is 4.24. The first kappa shape index (κ1) is 34.8. The molecule has 0 aromatic heterocycles. The first-order chi connectivity index (χ1) is 21.6. The molecule has 4 rings (SSSR count). The van der Waals surface area contributed by atoms with Gasteiger partial charge in [-0.3, -0.25) is 0 Å². The van der Waals surface area contributed by atoms with Crippen molar-refractivity contribution in [2.24, 2.45) is 0 Å². The molecule has 2 heterocycles. The zero-order chi connectivity index (χ0) is 32.4. The molecule has 2 aromatic carbocycles. The maximum Gasteiger partial charge on any atom is 0.410 e. The lowest BCUT2D eigenvalue weighted by Gasteiger charge is -2.44. The molecule has 0 radical (unpaired) electrons. The van der Waals surface area contributed by atoms with E-state index in [1.165, 1.54) is 7.11 Å². The lowest BCUT2D eigenvalue weighted by molar-refractivity contribution is -0.112. The fourth-order valence-electron chi connectivity index (χ4n) is 5.74. The predicted molar refractivity (Wildman–Crippen MR) is 170 cm³/mol. The third-order valence-corrected chi connectivity index (χ3v) is 7.84. The van der Waals surface area contributed by atoms with Gasteiger partial charge in [0.15, 0.2) is 0 Å². The van der Waals surface area contributed by atoms with E-state index in [1.807, 2.05) is 57.2 Å². The largest absolute Gasteiger partial charge is 0.497 e. The second kappa shape index (κ2) is 16.5. The summed E-state index contributed by atoms with van der Waals surface area (Å²) in [6.45, 7) is 9.63. The van der Waals surface area contributed by atoms with Crippen LogP contribution in [0.4, 0.5) is 10.5 Å². The van der Waals surface area contributed by atoms with Crippen molar-refractivity contribution >= 4 is 11.8 Å². The van der Waals surface area contributed by atoms with E-state index >= 15 is 0 Å². The fourth-order valence-corrected chi connectivity index (χ4v) is 5.74. The third-order valence-electron chi connectivity index (χ3n) is 7.84. The average molecular weight is 631 g/mol. The molecule has 4 atom stereocenters. The summed E-state index contributed by atoms with van der Waals surface area (Å²) in [5.74, 6) is 1.35. The number of rotatable bonds is 14. The van der Waals surface area contributed by atoms with Crippen molar-refractivity contribution in [2.75, 3.05) is 78.8 Å². The summed E-state index contributed by atoms with van der Waals surface area (Å²) in [5.41, 5.74) is 2.36. The fraction of sp³-hybridized carbons (Fsp3) is 0.618. The standard InChI is InChI=1S/C34H50N2O9/c1-34(2,3)45-33(38)36-19-30(43-21-24-8-13-29-28(18-24)35(15-17-42-29)14-7-16-39-4)32(25-9-11-27(41-6)12-10-25)31(20-36)44-23-26(37)22-40-5/h8-13,18,26,30-32,37H,7,14-17,19-23H2,1-6H3/t26-,30+,31-,32-/m1/s1. The molecular weight excluding hydrogens is 580 g/mol. The molecule has 45 heavy (non-hydrogen) atoms. The minimum atomic E-state index is -0.813. The summed E-state index contributed by atoms with van der Waals surface area (Å²) in [4.78, 5) is 17.3. The minimum Gasteiger partial charge on any atom is -0.497 e. The van der Waals surface area contributed by atoms with Crippen LogP contribution in [0.3, 0.4) is 0 Å². The van der Waals surface area contributed by atoms with Crippen molar-refractivity contribution in [1.82, 2.24) is 4.90 Å². The Bertz CT molecular complexity index is 1200. The number of nitrogens with zero attached hydrogens (tertiary/aromatic N) is 2. The summed E-state index contributed by atoms with van der Waals surface area (Å²) in [7, 11) is 4.88. The van der Waals surface area contributed by atoms with E-state index in [4.69, 9.17) is 33.2 Å². The zero-order valence-corrected chi connectivity index (χ0v) is 27.5. The van der Waals surface area contributed by atoms with Gasteiger partial charge in [-0.05, 0) is 62.6 Å². The summed E-state index contributed by atoms with van der Waals surface area (Å²) < 4.78 is 40.5. The lowest BCUT2D eigenvalue weighted by Crippen LogP contribution is -2.55. The van der Waals surface area contributed by atoms with Crippen molar-refractivity contribution in [2.45, 2.75) is 63.6 Å². The Morgan fingerprint density at radius 3 is 2.40 bits per heavy atom. The molecule has 0 aliphatic carbocycles. The van der Waals surface area contributed by atoms with E-state index in [0.29, 0.717) is 26.4 Å². The number of carbonyl (C=O) groups is 1. The Morgan fingerprint density at radius 2 is 1.73 bits per heavy atom. The van der Waals surface area contributed by atoms with Crippen LogP contribution in [0.1, 0.15) is 44.2 Å². The molecule has 0 saturated carbocycles. The van der Waals surface area contributed by atoms with Gasteiger partial charge >= 0.3 is 6.09 Å². The molecule has 11 nitrogen and oxygen atoms in total. The van der Waals surface area contributed by atoms with Crippen molar-refractivity contribution in [3.63, 3.8) is 0 Å². The molecule has 1 amide bonds. The third kappa shape index (κ3) is 9.95. The topological polar surface area (TPSA) is 108 Å². The quantitative estimate of drug-likeness (QED) is 0.305. The Labute approximate surface area is 267 Å². The Hall–Kier alpha value is -3.09. The molecule has 250 valence electrons. The molecule has 0 bridgehead atoms. The van der Waals surface area contributed by atoms with E-state index in [9.17, 15) is 9.90 Å². The van der Waals surface area contributed by atoms with E-state index in [-0.39, 0.29) is 25.7 Å². The van der Waals surface area contributed by atoms with Gasteiger partial charge in [0.1, 0.15) is 29.8 Å².